The number of carbonyl (C=O) groups is 1. The third-order valence-electron chi connectivity index (χ3n) is 2.73. The Bertz CT molecular complexity index is 405. The van der Waals surface area contributed by atoms with Gasteiger partial charge in [-0.05, 0) is 56.0 Å². The van der Waals surface area contributed by atoms with Gasteiger partial charge >= 0.3 is 5.97 Å². The Morgan fingerprint density at radius 2 is 2.12 bits per heavy atom. The number of rotatable bonds is 5. The molecule has 0 aliphatic rings. The van der Waals surface area contributed by atoms with Crippen LogP contribution in [-0.2, 0) is 11.2 Å². The highest BCUT2D eigenvalue weighted by atomic mass is 19.1. The van der Waals surface area contributed by atoms with E-state index in [-0.39, 0.29) is 5.82 Å². The Balaban J connectivity index is 2.93. The van der Waals surface area contributed by atoms with Gasteiger partial charge in [0, 0.05) is 0 Å². The first kappa shape index (κ1) is 13.6. The van der Waals surface area contributed by atoms with E-state index >= 15 is 0 Å². The minimum absolute atomic E-state index is 0.301. The van der Waals surface area contributed by atoms with Gasteiger partial charge in [0.2, 0.25) is 0 Å². The maximum Gasteiger partial charge on any atom is 0.338 e. The van der Waals surface area contributed by atoms with Crippen molar-refractivity contribution in [3.05, 3.63) is 34.6 Å². The first-order valence-electron chi connectivity index (χ1n) is 5.67. The molecule has 0 aliphatic heterocycles. The lowest BCUT2D eigenvalue weighted by Gasteiger charge is -2.08. The van der Waals surface area contributed by atoms with Gasteiger partial charge in [-0.1, -0.05) is 0 Å². The second-order valence-electron chi connectivity index (χ2n) is 3.99. The lowest BCUT2D eigenvalue weighted by Crippen LogP contribution is -2.07. The summed E-state index contributed by atoms with van der Waals surface area (Å²) < 4.78 is 18.2. The van der Waals surface area contributed by atoms with Crippen LogP contribution in [-0.4, -0.2) is 19.6 Å². The van der Waals surface area contributed by atoms with Crippen LogP contribution in [0.4, 0.5) is 4.39 Å². The van der Waals surface area contributed by atoms with E-state index in [4.69, 9.17) is 5.73 Å². The van der Waals surface area contributed by atoms with Crippen LogP contribution < -0.4 is 5.73 Å². The van der Waals surface area contributed by atoms with Gasteiger partial charge in [-0.2, -0.15) is 0 Å². The van der Waals surface area contributed by atoms with Gasteiger partial charge in [-0.25, -0.2) is 9.18 Å². The smallest absolute Gasteiger partial charge is 0.338 e. The van der Waals surface area contributed by atoms with Crippen molar-refractivity contribution in [3.8, 4) is 0 Å². The van der Waals surface area contributed by atoms with Crippen LogP contribution in [0, 0.1) is 12.7 Å². The maximum atomic E-state index is 13.6. The first-order valence-corrected chi connectivity index (χ1v) is 5.67. The number of hydrogen-bond acceptors (Lipinski definition) is 3. The quantitative estimate of drug-likeness (QED) is 0.633. The van der Waals surface area contributed by atoms with E-state index in [1.165, 1.54) is 13.2 Å². The zero-order valence-corrected chi connectivity index (χ0v) is 10.3. The molecule has 0 fully saturated rings. The van der Waals surface area contributed by atoms with Crippen LogP contribution in [0.15, 0.2) is 12.1 Å². The monoisotopic (exact) mass is 239 g/mol. The summed E-state index contributed by atoms with van der Waals surface area (Å²) in [5, 5.41) is 0. The summed E-state index contributed by atoms with van der Waals surface area (Å²) in [6.45, 7) is 2.20. The molecule has 0 saturated carbocycles. The molecular formula is C13H18FNO2. The van der Waals surface area contributed by atoms with Crippen LogP contribution in [0.5, 0.6) is 0 Å². The molecule has 0 aromatic heterocycles. The largest absolute Gasteiger partial charge is 0.465 e. The molecule has 1 aromatic carbocycles. The van der Waals surface area contributed by atoms with Gasteiger partial charge in [-0.3, -0.25) is 0 Å². The number of unbranched alkanes of at least 4 members (excludes halogenated alkanes) is 1. The van der Waals surface area contributed by atoms with Crippen LogP contribution in [0.2, 0.25) is 0 Å². The summed E-state index contributed by atoms with van der Waals surface area (Å²) in [6.07, 6.45) is 2.50. The summed E-state index contributed by atoms with van der Waals surface area (Å²) >= 11 is 0. The molecule has 3 nitrogen and oxygen atoms in total. The van der Waals surface area contributed by atoms with Crippen molar-refractivity contribution in [2.24, 2.45) is 5.73 Å². The van der Waals surface area contributed by atoms with Crippen molar-refractivity contribution in [2.75, 3.05) is 13.7 Å². The number of benzene rings is 1. The number of methoxy groups -OCH3 is 1. The molecule has 0 atom stereocenters. The minimum Gasteiger partial charge on any atom is -0.465 e. The number of carbonyl (C=O) groups excluding carboxylic acids is 1. The molecule has 4 heteroatoms. The van der Waals surface area contributed by atoms with Gasteiger partial charge in [0.15, 0.2) is 0 Å². The summed E-state index contributed by atoms with van der Waals surface area (Å²) in [4.78, 5) is 11.5. The molecule has 2 N–H and O–H groups in total. The van der Waals surface area contributed by atoms with E-state index in [1.807, 2.05) is 0 Å². The molecule has 0 aliphatic carbocycles. The Labute approximate surface area is 101 Å². The molecule has 0 spiro atoms. The van der Waals surface area contributed by atoms with E-state index in [0.717, 1.165) is 24.8 Å². The number of halogens is 1. The second kappa shape index (κ2) is 6.35. The van der Waals surface area contributed by atoms with Gasteiger partial charge in [0.1, 0.15) is 5.82 Å². The van der Waals surface area contributed by atoms with E-state index in [1.54, 1.807) is 13.0 Å². The molecule has 0 radical (unpaired) electrons. The molecule has 0 amide bonds. The molecule has 0 unspecified atom stereocenters. The van der Waals surface area contributed by atoms with Crippen LogP contribution >= 0.6 is 0 Å². The van der Waals surface area contributed by atoms with Crippen LogP contribution in [0.3, 0.4) is 0 Å². The highest BCUT2D eigenvalue weighted by Crippen LogP contribution is 2.18. The predicted molar refractivity (Wildman–Crippen MR) is 64.5 cm³/mol. The van der Waals surface area contributed by atoms with Crippen molar-refractivity contribution in [1.29, 1.82) is 0 Å². The average molecular weight is 239 g/mol. The number of aryl methyl sites for hydroxylation is 1. The van der Waals surface area contributed by atoms with E-state index in [0.29, 0.717) is 17.7 Å². The molecular weight excluding hydrogens is 221 g/mol. The Morgan fingerprint density at radius 3 is 2.71 bits per heavy atom. The van der Waals surface area contributed by atoms with Crippen LogP contribution in [0.25, 0.3) is 0 Å². The average Bonchev–Trinajstić information content (AvgIpc) is 2.32. The highest BCUT2D eigenvalue weighted by molar-refractivity contribution is 5.91. The second-order valence-corrected chi connectivity index (χ2v) is 3.99. The van der Waals surface area contributed by atoms with Crippen molar-refractivity contribution < 1.29 is 13.9 Å². The SMILES string of the molecule is COC(=O)c1cc(CCCCN)cc(F)c1C. The van der Waals surface area contributed by atoms with Gasteiger partial charge in [-0.15, -0.1) is 0 Å². The van der Waals surface area contributed by atoms with E-state index < -0.39 is 5.97 Å². The Kier molecular flexibility index (Phi) is 5.10. The zero-order chi connectivity index (χ0) is 12.8. The van der Waals surface area contributed by atoms with Gasteiger partial charge < -0.3 is 10.5 Å². The fourth-order valence-corrected chi connectivity index (χ4v) is 1.67. The van der Waals surface area contributed by atoms with Crippen LogP contribution in [0.1, 0.15) is 34.3 Å². The fourth-order valence-electron chi connectivity index (χ4n) is 1.67. The Morgan fingerprint density at radius 1 is 1.41 bits per heavy atom. The normalized spacial score (nSPS) is 10.4. The third kappa shape index (κ3) is 3.53. The lowest BCUT2D eigenvalue weighted by atomic mass is 10.0. The summed E-state index contributed by atoms with van der Waals surface area (Å²) in [6, 6.07) is 3.17. The summed E-state index contributed by atoms with van der Waals surface area (Å²) in [5.74, 6) is -0.863. The molecule has 94 valence electrons. The topological polar surface area (TPSA) is 52.3 Å². The third-order valence-corrected chi connectivity index (χ3v) is 2.73. The number of nitrogens with two attached hydrogens (primary N) is 1. The standard InChI is InChI=1S/C13H18FNO2/c1-9-11(13(16)17-2)7-10(8-12(9)14)5-3-4-6-15/h7-8H,3-6,15H2,1-2H3. The predicted octanol–water partition coefficient (Wildman–Crippen LogP) is 2.20. The van der Waals surface area contributed by atoms with E-state index in [9.17, 15) is 9.18 Å². The lowest BCUT2D eigenvalue weighted by molar-refractivity contribution is 0.0599. The van der Waals surface area contributed by atoms with E-state index in [2.05, 4.69) is 4.74 Å². The molecule has 0 saturated heterocycles. The van der Waals surface area contributed by atoms with Gasteiger partial charge in [0.25, 0.3) is 0 Å². The number of hydrogen-bond donors (Lipinski definition) is 1. The maximum absolute atomic E-state index is 13.6. The van der Waals surface area contributed by atoms with Crippen molar-refractivity contribution in [1.82, 2.24) is 0 Å². The molecule has 1 rings (SSSR count). The number of esters is 1. The van der Waals surface area contributed by atoms with Gasteiger partial charge in [0.05, 0.1) is 12.7 Å². The summed E-state index contributed by atoms with van der Waals surface area (Å²) in [5.41, 5.74) is 6.84. The molecule has 17 heavy (non-hydrogen) atoms. The fraction of sp³-hybridized carbons (Fsp3) is 0.462. The minimum atomic E-state index is -0.498. The Hall–Kier alpha value is -1.42. The number of ether oxygens (including phenoxy) is 1. The van der Waals surface area contributed by atoms with Crippen molar-refractivity contribution in [2.45, 2.75) is 26.2 Å². The molecule has 0 bridgehead atoms. The molecule has 1 aromatic rings. The highest BCUT2D eigenvalue weighted by Gasteiger charge is 2.14. The van der Waals surface area contributed by atoms with Crippen molar-refractivity contribution in [3.63, 3.8) is 0 Å². The molecule has 0 heterocycles. The zero-order valence-electron chi connectivity index (χ0n) is 10.3. The van der Waals surface area contributed by atoms with Crippen molar-refractivity contribution >= 4 is 5.97 Å². The first-order chi connectivity index (χ1) is 8.10. The summed E-state index contributed by atoms with van der Waals surface area (Å²) in [7, 11) is 1.29.